The molecule has 0 spiro atoms. The van der Waals surface area contributed by atoms with E-state index in [9.17, 15) is 19.3 Å². The van der Waals surface area contributed by atoms with Crippen molar-refractivity contribution in [3.63, 3.8) is 0 Å². The Morgan fingerprint density at radius 3 is 2.86 bits per heavy atom. The molecule has 0 N–H and O–H groups in total. The van der Waals surface area contributed by atoms with Crippen molar-refractivity contribution < 1.29 is 18.8 Å². The summed E-state index contributed by atoms with van der Waals surface area (Å²) in [5.41, 5.74) is -0.448. The van der Waals surface area contributed by atoms with Gasteiger partial charge in [0.15, 0.2) is 6.61 Å². The lowest BCUT2D eigenvalue weighted by Gasteiger charge is -2.15. The van der Waals surface area contributed by atoms with E-state index in [2.05, 4.69) is 15.9 Å². The number of carbonyl (C=O) groups is 1. The first-order valence-corrected chi connectivity index (χ1v) is 6.53. The molecule has 0 aliphatic carbocycles. The van der Waals surface area contributed by atoms with Crippen molar-refractivity contribution >= 4 is 27.5 Å². The highest BCUT2D eigenvalue weighted by molar-refractivity contribution is 9.10. The summed E-state index contributed by atoms with van der Waals surface area (Å²) in [5.74, 6) is -1.54. The number of ether oxygens (including phenoxy) is 1. The largest absolute Gasteiger partial charge is 0.477 e. The third-order valence-corrected chi connectivity index (χ3v) is 3.14. The van der Waals surface area contributed by atoms with Crippen molar-refractivity contribution in [2.45, 2.75) is 6.42 Å². The highest BCUT2D eigenvalue weighted by atomic mass is 79.9. The third-order valence-electron chi connectivity index (χ3n) is 2.53. The Bertz CT molecular complexity index is 603. The van der Waals surface area contributed by atoms with Gasteiger partial charge in [0.1, 0.15) is 5.82 Å². The molecular formula is C12H11BrFN3O4. The second-order valence-corrected chi connectivity index (χ2v) is 4.86. The highest BCUT2D eigenvalue weighted by Crippen LogP contribution is 2.32. The fraction of sp³-hybridized carbons (Fsp3) is 0.333. The molecule has 1 amide bonds. The van der Waals surface area contributed by atoms with Crippen LogP contribution in [0.1, 0.15) is 6.42 Å². The first kappa shape index (κ1) is 16.8. The fourth-order valence-electron chi connectivity index (χ4n) is 1.37. The topological polar surface area (TPSA) is 96.5 Å². The van der Waals surface area contributed by atoms with Crippen LogP contribution < -0.4 is 4.74 Å². The number of nitrogens with zero attached hydrogens (tertiary/aromatic N) is 3. The van der Waals surface area contributed by atoms with Crippen molar-refractivity contribution in [3.05, 3.63) is 32.5 Å². The lowest BCUT2D eigenvalue weighted by Crippen LogP contribution is -2.32. The van der Waals surface area contributed by atoms with Gasteiger partial charge in [0.05, 0.1) is 21.9 Å². The molecule has 9 heteroatoms. The minimum atomic E-state index is -0.735. The first-order chi connectivity index (χ1) is 9.86. The molecule has 112 valence electrons. The van der Waals surface area contributed by atoms with Crippen LogP contribution in [0.4, 0.5) is 10.1 Å². The summed E-state index contributed by atoms with van der Waals surface area (Å²) in [6, 6.07) is 3.69. The van der Waals surface area contributed by atoms with Crippen LogP contribution in [0.2, 0.25) is 0 Å². The van der Waals surface area contributed by atoms with Gasteiger partial charge in [0.2, 0.25) is 5.75 Å². The lowest BCUT2D eigenvalue weighted by molar-refractivity contribution is -0.385. The SMILES string of the molecule is CN(CCC#N)C(=O)COc1cc(F)c(Br)cc1[N+](=O)[O-]. The van der Waals surface area contributed by atoms with Gasteiger partial charge in [-0.05, 0) is 15.9 Å². The van der Waals surface area contributed by atoms with E-state index in [1.165, 1.54) is 11.9 Å². The minimum absolute atomic E-state index is 0.0704. The maximum Gasteiger partial charge on any atom is 0.312 e. The van der Waals surface area contributed by atoms with Crippen LogP contribution in [0.15, 0.2) is 16.6 Å². The van der Waals surface area contributed by atoms with Gasteiger partial charge < -0.3 is 9.64 Å². The summed E-state index contributed by atoms with van der Waals surface area (Å²) in [4.78, 5) is 23.1. The number of halogens is 2. The molecule has 21 heavy (non-hydrogen) atoms. The smallest absolute Gasteiger partial charge is 0.312 e. The molecule has 0 aliphatic heterocycles. The summed E-state index contributed by atoms with van der Waals surface area (Å²) >= 11 is 2.84. The molecule has 0 bridgehead atoms. The molecule has 0 radical (unpaired) electrons. The Morgan fingerprint density at radius 1 is 1.62 bits per heavy atom. The predicted molar refractivity (Wildman–Crippen MR) is 74.1 cm³/mol. The van der Waals surface area contributed by atoms with Crippen LogP contribution in [0, 0.1) is 27.3 Å². The van der Waals surface area contributed by atoms with Crippen molar-refractivity contribution in [2.75, 3.05) is 20.2 Å². The second-order valence-electron chi connectivity index (χ2n) is 4.00. The van der Waals surface area contributed by atoms with Gasteiger partial charge in [-0.15, -0.1) is 0 Å². The van der Waals surface area contributed by atoms with Crippen molar-refractivity contribution in [2.24, 2.45) is 0 Å². The lowest BCUT2D eigenvalue weighted by atomic mass is 10.3. The van der Waals surface area contributed by atoms with Crippen molar-refractivity contribution in [1.82, 2.24) is 4.90 Å². The van der Waals surface area contributed by atoms with Gasteiger partial charge in [-0.2, -0.15) is 5.26 Å². The monoisotopic (exact) mass is 359 g/mol. The number of benzene rings is 1. The van der Waals surface area contributed by atoms with Crippen LogP contribution in [0.3, 0.4) is 0 Å². The Hall–Kier alpha value is -2.21. The van der Waals surface area contributed by atoms with Crippen LogP contribution in [-0.4, -0.2) is 35.9 Å². The van der Waals surface area contributed by atoms with E-state index in [1.54, 1.807) is 0 Å². The number of nitriles is 1. The van der Waals surface area contributed by atoms with Crippen LogP contribution >= 0.6 is 15.9 Å². The Morgan fingerprint density at radius 2 is 2.29 bits per heavy atom. The molecule has 0 saturated carbocycles. The highest BCUT2D eigenvalue weighted by Gasteiger charge is 2.20. The number of rotatable bonds is 6. The number of amides is 1. The maximum absolute atomic E-state index is 13.4. The first-order valence-electron chi connectivity index (χ1n) is 5.74. The average molecular weight is 360 g/mol. The van der Waals surface area contributed by atoms with Crippen LogP contribution in [-0.2, 0) is 4.79 Å². The third kappa shape index (κ3) is 4.68. The number of hydrogen-bond acceptors (Lipinski definition) is 5. The molecule has 0 fully saturated rings. The molecular weight excluding hydrogens is 349 g/mol. The van der Waals surface area contributed by atoms with Crippen LogP contribution in [0.5, 0.6) is 5.75 Å². The van der Waals surface area contributed by atoms with Gasteiger partial charge in [-0.3, -0.25) is 14.9 Å². The molecule has 0 heterocycles. The second kappa shape index (κ2) is 7.54. The molecule has 7 nitrogen and oxygen atoms in total. The maximum atomic E-state index is 13.4. The molecule has 0 unspecified atom stereocenters. The zero-order valence-corrected chi connectivity index (χ0v) is 12.6. The zero-order valence-electron chi connectivity index (χ0n) is 11.0. The van der Waals surface area contributed by atoms with Crippen LogP contribution in [0.25, 0.3) is 0 Å². The van der Waals surface area contributed by atoms with E-state index >= 15 is 0 Å². The Balaban J connectivity index is 2.80. The van der Waals surface area contributed by atoms with Gasteiger partial charge in [-0.25, -0.2) is 4.39 Å². The number of hydrogen-bond donors (Lipinski definition) is 0. The normalized spacial score (nSPS) is 9.81. The van der Waals surface area contributed by atoms with E-state index in [1.807, 2.05) is 6.07 Å². The van der Waals surface area contributed by atoms with E-state index in [-0.39, 0.29) is 23.2 Å². The van der Waals surface area contributed by atoms with Crippen molar-refractivity contribution in [3.8, 4) is 11.8 Å². The molecule has 1 rings (SSSR count). The summed E-state index contributed by atoms with van der Waals surface area (Å²) in [7, 11) is 1.47. The predicted octanol–water partition coefficient (Wildman–Crippen LogP) is 2.25. The number of nitro benzene ring substituents is 1. The van der Waals surface area contributed by atoms with E-state index < -0.39 is 28.9 Å². The molecule has 1 aromatic rings. The number of nitro groups is 1. The summed E-state index contributed by atoms with van der Waals surface area (Å²) in [6.07, 6.45) is 0.162. The quantitative estimate of drug-likeness (QED) is 0.573. The Labute approximate surface area is 128 Å². The van der Waals surface area contributed by atoms with Gasteiger partial charge in [-0.1, -0.05) is 0 Å². The molecule has 0 atom stereocenters. The number of carbonyl (C=O) groups excluding carboxylic acids is 1. The molecule has 0 aliphatic rings. The molecule has 0 saturated heterocycles. The van der Waals surface area contributed by atoms with Gasteiger partial charge in [0.25, 0.3) is 5.91 Å². The van der Waals surface area contributed by atoms with Crippen molar-refractivity contribution in [1.29, 1.82) is 5.26 Å². The van der Waals surface area contributed by atoms with E-state index in [4.69, 9.17) is 10.00 Å². The van der Waals surface area contributed by atoms with E-state index in [0.29, 0.717) is 0 Å². The molecule has 0 aromatic heterocycles. The number of likely N-dealkylation sites (N-methyl/N-ethyl adjacent to an activating group) is 1. The standard InChI is InChI=1S/C12H11BrFN3O4/c1-16(4-2-3-15)12(18)7-21-11-6-9(14)8(13)5-10(11)17(19)20/h5-6H,2,4,7H2,1H3. The summed E-state index contributed by atoms with van der Waals surface area (Å²) in [6.45, 7) is -0.265. The minimum Gasteiger partial charge on any atom is -0.477 e. The Kier molecular flexibility index (Phi) is 6.05. The summed E-state index contributed by atoms with van der Waals surface area (Å²) in [5, 5.41) is 19.3. The van der Waals surface area contributed by atoms with E-state index in [0.717, 1.165) is 12.1 Å². The summed E-state index contributed by atoms with van der Waals surface area (Å²) < 4.78 is 18.3. The zero-order chi connectivity index (χ0) is 16.0. The molecule has 1 aromatic carbocycles. The average Bonchev–Trinajstić information content (AvgIpc) is 2.44. The van der Waals surface area contributed by atoms with Gasteiger partial charge >= 0.3 is 5.69 Å². The fourth-order valence-corrected chi connectivity index (χ4v) is 1.70. The van der Waals surface area contributed by atoms with Gasteiger partial charge in [0, 0.05) is 25.7 Å².